The largest absolute Gasteiger partial charge is 0.494 e. The number of fused-ring (bicyclic) bond motifs is 1. The van der Waals surface area contributed by atoms with Gasteiger partial charge in [0.1, 0.15) is 0 Å². The third-order valence-electron chi connectivity index (χ3n) is 5.86. The summed E-state index contributed by atoms with van der Waals surface area (Å²) >= 11 is 0. The summed E-state index contributed by atoms with van der Waals surface area (Å²) in [5.41, 5.74) is 2.77. The van der Waals surface area contributed by atoms with E-state index in [9.17, 15) is 0 Å². The molecule has 2 aliphatic rings. The van der Waals surface area contributed by atoms with Crippen molar-refractivity contribution in [1.29, 1.82) is 0 Å². The summed E-state index contributed by atoms with van der Waals surface area (Å²) in [6.07, 6.45) is 3.77. The Morgan fingerprint density at radius 1 is 1.08 bits per heavy atom. The average Bonchev–Trinajstić information content (AvgIpc) is 2.94. The minimum absolute atomic E-state index is 0.309. The van der Waals surface area contributed by atoms with E-state index in [0.717, 1.165) is 11.2 Å². The Bertz CT molecular complexity index is 746. The number of benzene rings is 1. The molecule has 2 fully saturated rings. The van der Waals surface area contributed by atoms with E-state index < -0.39 is 0 Å². The van der Waals surface area contributed by atoms with Gasteiger partial charge in [0.05, 0.1) is 28.5 Å². The molecule has 4 rings (SSSR count). The highest BCUT2D eigenvalue weighted by molar-refractivity contribution is 6.62. The van der Waals surface area contributed by atoms with Crippen molar-refractivity contribution in [3.05, 3.63) is 23.9 Å². The molecule has 1 aliphatic heterocycles. The summed E-state index contributed by atoms with van der Waals surface area (Å²) in [5.74, 6) is 0. The Balaban J connectivity index is 0.000000880. The van der Waals surface area contributed by atoms with E-state index in [2.05, 4.69) is 57.5 Å². The normalized spacial score (nSPS) is 21.8. The molecule has 25 heavy (non-hydrogen) atoms. The fourth-order valence-electron chi connectivity index (χ4n) is 3.35. The maximum absolute atomic E-state index is 6.19. The predicted molar refractivity (Wildman–Crippen MR) is 104 cm³/mol. The van der Waals surface area contributed by atoms with Crippen LogP contribution in [-0.4, -0.2) is 28.1 Å². The molecule has 0 spiro atoms. The van der Waals surface area contributed by atoms with Crippen LogP contribution in [0.2, 0.25) is 0 Å². The highest BCUT2D eigenvalue weighted by atomic mass is 16.7. The molecule has 2 aromatic rings. The number of hydrogen-bond donors (Lipinski definition) is 0. The highest BCUT2D eigenvalue weighted by Crippen LogP contribution is 2.37. The summed E-state index contributed by atoms with van der Waals surface area (Å²) in [6, 6.07) is 7.03. The van der Waals surface area contributed by atoms with Gasteiger partial charge in [0.15, 0.2) is 0 Å². The van der Waals surface area contributed by atoms with Crippen LogP contribution in [0.15, 0.2) is 18.2 Å². The number of rotatable bonds is 2. The van der Waals surface area contributed by atoms with Gasteiger partial charge in [-0.15, -0.1) is 0 Å². The van der Waals surface area contributed by atoms with Crippen molar-refractivity contribution in [2.24, 2.45) is 0 Å². The number of hydrogen-bond acceptors (Lipinski definition) is 3. The molecule has 136 valence electrons. The Labute approximate surface area is 152 Å². The van der Waals surface area contributed by atoms with E-state index in [1.165, 1.54) is 30.2 Å². The van der Waals surface area contributed by atoms with Gasteiger partial charge in [0.2, 0.25) is 0 Å². The second-order valence-corrected chi connectivity index (χ2v) is 7.98. The number of aromatic nitrogens is 2. The van der Waals surface area contributed by atoms with Crippen molar-refractivity contribution in [2.75, 3.05) is 0 Å². The van der Waals surface area contributed by atoms with E-state index >= 15 is 0 Å². The lowest BCUT2D eigenvalue weighted by Gasteiger charge is -2.32. The second kappa shape index (κ2) is 6.44. The lowest BCUT2D eigenvalue weighted by Crippen LogP contribution is -2.41. The SMILES string of the molecule is CC.Cc1nn(C2CCC2)c2cc(B3OC(C)(C)C(C)(C)O3)ccc12. The van der Waals surface area contributed by atoms with Gasteiger partial charge in [-0.1, -0.05) is 26.0 Å². The van der Waals surface area contributed by atoms with Crippen LogP contribution in [0.3, 0.4) is 0 Å². The monoisotopic (exact) mass is 342 g/mol. The summed E-state index contributed by atoms with van der Waals surface area (Å²) in [7, 11) is -0.311. The molecule has 1 aromatic heterocycles. The molecular weight excluding hydrogens is 311 g/mol. The molecule has 1 saturated carbocycles. The standard InChI is InChI=1S/C18H25BN2O2.C2H6/c1-12-15-10-9-13(19-22-17(2,3)18(4,5)23-19)11-16(15)21(20-12)14-7-6-8-14;1-2/h9-11,14H,6-8H2,1-5H3;1-2H3. The quantitative estimate of drug-likeness (QED) is 0.759. The third-order valence-corrected chi connectivity index (χ3v) is 5.86. The maximum Gasteiger partial charge on any atom is 0.494 e. The highest BCUT2D eigenvalue weighted by Gasteiger charge is 2.51. The maximum atomic E-state index is 6.19. The van der Waals surface area contributed by atoms with E-state index in [0.29, 0.717) is 6.04 Å². The zero-order valence-electron chi connectivity index (χ0n) is 16.7. The smallest absolute Gasteiger partial charge is 0.399 e. The molecule has 5 heteroatoms. The Morgan fingerprint density at radius 3 is 2.20 bits per heavy atom. The molecule has 4 nitrogen and oxygen atoms in total. The second-order valence-electron chi connectivity index (χ2n) is 7.98. The van der Waals surface area contributed by atoms with Crippen molar-refractivity contribution < 1.29 is 9.31 Å². The molecule has 1 aliphatic carbocycles. The molecule has 0 radical (unpaired) electrons. The van der Waals surface area contributed by atoms with Gasteiger partial charge in [0.25, 0.3) is 0 Å². The Hall–Kier alpha value is -1.33. The zero-order chi connectivity index (χ0) is 18.4. The molecule has 0 N–H and O–H groups in total. The van der Waals surface area contributed by atoms with Gasteiger partial charge in [-0.3, -0.25) is 4.68 Å². The van der Waals surface area contributed by atoms with Crippen molar-refractivity contribution in [3.63, 3.8) is 0 Å². The van der Waals surface area contributed by atoms with E-state index in [-0.39, 0.29) is 18.3 Å². The fraction of sp³-hybridized carbons (Fsp3) is 0.650. The zero-order valence-corrected chi connectivity index (χ0v) is 16.7. The summed E-state index contributed by atoms with van der Waals surface area (Å²) < 4.78 is 14.6. The van der Waals surface area contributed by atoms with Gasteiger partial charge in [0, 0.05) is 5.39 Å². The third kappa shape index (κ3) is 3.02. The van der Waals surface area contributed by atoms with E-state index in [4.69, 9.17) is 14.4 Å². The first-order valence-electron chi connectivity index (χ1n) is 9.63. The van der Waals surface area contributed by atoms with Gasteiger partial charge in [-0.2, -0.15) is 5.10 Å². The van der Waals surface area contributed by atoms with Gasteiger partial charge >= 0.3 is 7.12 Å². The van der Waals surface area contributed by atoms with E-state index in [1.807, 2.05) is 13.8 Å². The molecule has 1 aromatic carbocycles. The Kier molecular flexibility index (Phi) is 4.76. The van der Waals surface area contributed by atoms with Crippen molar-refractivity contribution in [1.82, 2.24) is 9.78 Å². The van der Waals surface area contributed by atoms with Crippen LogP contribution in [0.5, 0.6) is 0 Å². The van der Waals surface area contributed by atoms with Crippen molar-refractivity contribution in [2.45, 2.75) is 85.0 Å². The summed E-state index contributed by atoms with van der Waals surface area (Å²) in [5, 5.41) is 6.01. The minimum Gasteiger partial charge on any atom is -0.399 e. The first-order chi connectivity index (χ1) is 11.8. The lowest BCUT2D eigenvalue weighted by molar-refractivity contribution is 0.00578. The number of nitrogens with zero attached hydrogens (tertiary/aromatic N) is 2. The first-order valence-corrected chi connectivity index (χ1v) is 9.63. The van der Waals surface area contributed by atoms with Gasteiger partial charge in [-0.05, 0) is 65.4 Å². The lowest BCUT2D eigenvalue weighted by atomic mass is 9.78. The molecule has 0 bridgehead atoms. The molecule has 0 amide bonds. The van der Waals surface area contributed by atoms with Crippen LogP contribution in [0, 0.1) is 6.92 Å². The topological polar surface area (TPSA) is 36.3 Å². The van der Waals surface area contributed by atoms with Crippen LogP contribution < -0.4 is 5.46 Å². The fourth-order valence-corrected chi connectivity index (χ4v) is 3.35. The van der Waals surface area contributed by atoms with Crippen LogP contribution in [0.1, 0.15) is 72.5 Å². The van der Waals surface area contributed by atoms with Gasteiger partial charge in [-0.25, -0.2) is 0 Å². The average molecular weight is 342 g/mol. The molecule has 0 unspecified atom stereocenters. The van der Waals surface area contributed by atoms with Crippen molar-refractivity contribution >= 4 is 23.5 Å². The van der Waals surface area contributed by atoms with Gasteiger partial charge < -0.3 is 9.31 Å². The predicted octanol–water partition coefficient (Wildman–Crippen LogP) is 4.40. The summed E-state index contributed by atoms with van der Waals surface area (Å²) in [4.78, 5) is 0. The van der Waals surface area contributed by atoms with Crippen molar-refractivity contribution in [3.8, 4) is 0 Å². The molecular formula is C20H31BN2O2. The molecule has 0 atom stereocenters. The Morgan fingerprint density at radius 2 is 1.68 bits per heavy atom. The van der Waals surface area contributed by atoms with E-state index in [1.54, 1.807) is 0 Å². The minimum atomic E-state index is -0.311. The van der Waals surface area contributed by atoms with Crippen LogP contribution in [-0.2, 0) is 9.31 Å². The van der Waals surface area contributed by atoms with Crippen LogP contribution in [0.4, 0.5) is 0 Å². The number of aryl methyl sites for hydroxylation is 1. The molecule has 2 heterocycles. The molecule has 1 saturated heterocycles. The van der Waals surface area contributed by atoms with Crippen LogP contribution >= 0.6 is 0 Å². The summed E-state index contributed by atoms with van der Waals surface area (Å²) in [6.45, 7) is 14.5. The first kappa shape index (κ1) is 18.5. The van der Waals surface area contributed by atoms with Crippen LogP contribution in [0.25, 0.3) is 10.9 Å².